The highest BCUT2D eigenvalue weighted by Crippen LogP contribution is 2.42. The van der Waals surface area contributed by atoms with Crippen molar-refractivity contribution in [3.05, 3.63) is 130 Å². The van der Waals surface area contributed by atoms with E-state index >= 15 is 0 Å². The van der Waals surface area contributed by atoms with Crippen LogP contribution in [-0.2, 0) is 28.7 Å². The zero-order chi connectivity index (χ0) is 38.4. The number of rotatable bonds is 15. The number of esters is 1. The van der Waals surface area contributed by atoms with Gasteiger partial charge in [0.1, 0.15) is 12.4 Å². The summed E-state index contributed by atoms with van der Waals surface area (Å²) in [5.74, 6) is -0.634. The normalized spacial score (nSPS) is 22.6. The summed E-state index contributed by atoms with van der Waals surface area (Å²) in [6.45, 7) is 20.2. The third-order valence-corrected chi connectivity index (χ3v) is 9.30. The molecule has 2 unspecified atom stereocenters. The van der Waals surface area contributed by atoms with E-state index in [1.54, 1.807) is 14.0 Å². The molecule has 6 heteroatoms. The number of allylic oxidation sites excluding steroid dienone is 20. The molecule has 6 nitrogen and oxygen atoms in total. The van der Waals surface area contributed by atoms with Gasteiger partial charge in [-0.05, 0) is 81.1 Å². The van der Waals surface area contributed by atoms with E-state index < -0.39 is 12.1 Å². The van der Waals surface area contributed by atoms with E-state index in [1.165, 1.54) is 0 Å². The van der Waals surface area contributed by atoms with Gasteiger partial charge in [0.15, 0.2) is 17.7 Å². The zero-order valence-corrected chi connectivity index (χ0v) is 32.6. The zero-order valence-electron chi connectivity index (χ0n) is 32.6. The number of ketones is 2. The third-order valence-electron chi connectivity index (χ3n) is 9.30. The lowest BCUT2D eigenvalue weighted by atomic mass is 9.71. The predicted octanol–water partition coefficient (Wildman–Crippen LogP) is 10.1. The van der Waals surface area contributed by atoms with Crippen molar-refractivity contribution in [2.45, 2.75) is 107 Å². The van der Waals surface area contributed by atoms with Crippen LogP contribution in [0.2, 0.25) is 0 Å². The Balaban J connectivity index is 1.97. The van der Waals surface area contributed by atoms with Crippen molar-refractivity contribution in [3.63, 3.8) is 0 Å². The molecule has 0 fully saturated rings. The van der Waals surface area contributed by atoms with Gasteiger partial charge in [-0.1, -0.05) is 135 Å². The monoisotopic (exact) mass is 694 g/mol. The molecule has 0 radical (unpaired) electrons. The Kier molecular flexibility index (Phi) is 16.6. The molecule has 0 aromatic heterocycles. The van der Waals surface area contributed by atoms with E-state index in [0.717, 1.165) is 39.0 Å². The summed E-state index contributed by atoms with van der Waals surface area (Å²) < 4.78 is 10.8. The molecule has 2 aliphatic carbocycles. The van der Waals surface area contributed by atoms with Crippen molar-refractivity contribution in [1.82, 2.24) is 0 Å². The van der Waals surface area contributed by atoms with Gasteiger partial charge in [-0.2, -0.15) is 0 Å². The summed E-state index contributed by atoms with van der Waals surface area (Å²) in [6.07, 6.45) is 29.1. The second-order valence-corrected chi connectivity index (χ2v) is 14.8. The number of Topliss-reactive ketones (excluding diaryl/α,β-unsaturated/α-hetero) is 2. The third kappa shape index (κ3) is 13.3. The summed E-state index contributed by atoms with van der Waals surface area (Å²) in [5, 5.41) is 0. The van der Waals surface area contributed by atoms with E-state index in [4.69, 9.17) is 9.47 Å². The molecule has 274 valence electrons. The minimum Gasteiger partial charge on any atom is -0.454 e. The summed E-state index contributed by atoms with van der Waals surface area (Å²) >= 11 is 0. The van der Waals surface area contributed by atoms with Crippen molar-refractivity contribution in [2.24, 2.45) is 10.8 Å². The molecule has 51 heavy (non-hydrogen) atoms. The number of methoxy groups -OCH3 is 1. The molecule has 0 N–H and O–H groups in total. The van der Waals surface area contributed by atoms with Crippen LogP contribution in [0.1, 0.15) is 94.9 Å². The molecule has 0 aromatic rings. The van der Waals surface area contributed by atoms with Gasteiger partial charge >= 0.3 is 5.97 Å². The summed E-state index contributed by atoms with van der Waals surface area (Å²) in [7, 11) is 1.60. The SMILES string of the molecule is COC1CC(C)(C)C(/C=C/C(C)=C/C=C/C(C)=C/C=C/C=C(C)/C=C/C=C(C)/C=C/C2=C(C)C(=O)C(OC(=O)CCC=O)CC2(C)C)=C(C)C1=O. The highest BCUT2D eigenvalue weighted by Gasteiger charge is 2.40. The minimum absolute atomic E-state index is 0.0152. The lowest BCUT2D eigenvalue weighted by molar-refractivity contribution is -0.156. The van der Waals surface area contributed by atoms with E-state index in [0.29, 0.717) is 24.7 Å². The van der Waals surface area contributed by atoms with Crippen molar-refractivity contribution < 1.29 is 28.7 Å². The average Bonchev–Trinajstić information content (AvgIpc) is 3.05. The van der Waals surface area contributed by atoms with E-state index in [9.17, 15) is 19.2 Å². The molecule has 0 aliphatic heterocycles. The smallest absolute Gasteiger partial charge is 0.306 e. The van der Waals surface area contributed by atoms with Gasteiger partial charge < -0.3 is 14.3 Å². The molecule has 0 saturated carbocycles. The van der Waals surface area contributed by atoms with Gasteiger partial charge in [0, 0.05) is 20.0 Å². The quantitative estimate of drug-likeness (QED) is 0.0964. The minimum atomic E-state index is -0.821. The highest BCUT2D eigenvalue weighted by atomic mass is 16.5. The number of ether oxygens (including phenoxy) is 2. The van der Waals surface area contributed by atoms with Crippen molar-refractivity contribution in [1.29, 1.82) is 0 Å². The maximum absolute atomic E-state index is 13.0. The first-order valence-electron chi connectivity index (χ1n) is 17.7. The van der Waals surface area contributed by atoms with Crippen LogP contribution >= 0.6 is 0 Å². The first-order chi connectivity index (χ1) is 23.9. The Hall–Kier alpha value is -4.42. The maximum atomic E-state index is 13.0. The standard InChI is InChI=1S/C45H58O6/c1-31(19-14-21-33(3)24-26-37-35(5)42(48)39(50-11)29-44(37,7)8)17-12-13-18-32(2)20-15-22-34(4)25-27-38-36(6)43(49)40(30-45(38,9)10)51-41(47)23-16-28-46/h12-15,17-22,24-28,39-40H,16,23,29-30H2,1-11H3/b13-12+,19-14+,20-15+,26-24+,27-25+,31-17+,32-18+,33-21+,34-22+. The molecule has 0 amide bonds. The van der Waals surface area contributed by atoms with Crippen LogP contribution < -0.4 is 0 Å². The number of carbonyl (C=O) groups is 4. The number of carbonyl (C=O) groups excluding carboxylic acids is 4. The number of hydrogen-bond acceptors (Lipinski definition) is 6. The van der Waals surface area contributed by atoms with E-state index in [2.05, 4.69) is 58.1 Å². The first-order valence-corrected chi connectivity index (χ1v) is 17.7. The van der Waals surface area contributed by atoms with Crippen LogP contribution in [0.4, 0.5) is 0 Å². The Bertz CT molecular complexity index is 1670. The Morgan fingerprint density at radius 3 is 1.49 bits per heavy atom. The van der Waals surface area contributed by atoms with Crippen LogP contribution in [0.5, 0.6) is 0 Å². The van der Waals surface area contributed by atoms with Gasteiger partial charge in [0.2, 0.25) is 0 Å². The fourth-order valence-corrected chi connectivity index (χ4v) is 6.25. The summed E-state index contributed by atoms with van der Waals surface area (Å²) in [5.41, 5.74) is 7.23. The summed E-state index contributed by atoms with van der Waals surface area (Å²) in [6, 6.07) is 0. The van der Waals surface area contributed by atoms with Crippen molar-refractivity contribution in [3.8, 4) is 0 Å². The van der Waals surface area contributed by atoms with Crippen LogP contribution in [0.15, 0.2) is 130 Å². The van der Waals surface area contributed by atoms with Crippen LogP contribution in [0, 0.1) is 10.8 Å². The van der Waals surface area contributed by atoms with Gasteiger partial charge in [0.25, 0.3) is 0 Å². The first kappa shape index (κ1) is 42.7. The fraction of sp³-hybridized carbons (Fsp3) is 0.422. The maximum Gasteiger partial charge on any atom is 0.306 e. The predicted molar refractivity (Wildman–Crippen MR) is 209 cm³/mol. The number of hydrogen-bond donors (Lipinski definition) is 0. The van der Waals surface area contributed by atoms with Crippen LogP contribution in [0.3, 0.4) is 0 Å². The molecule has 0 heterocycles. The van der Waals surface area contributed by atoms with Gasteiger partial charge in [-0.25, -0.2) is 0 Å². The molecule has 2 aliphatic rings. The average molecular weight is 695 g/mol. The van der Waals surface area contributed by atoms with E-state index in [-0.39, 0.29) is 41.3 Å². The molecule has 0 aromatic carbocycles. The second-order valence-electron chi connectivity index (χ2n) is 14.8. The highest BCUT2D eigenvalue weighted by molar-refractivity contribution is 6.02. The second kappa shape index (κ2) is 19.8. The fourth-order valence-electron chi connectivity index (χ4n) is 6.25. The molecular formula is C45H58O6. The number of aldehydes is 1. The molecule has 0 spiro atoms. The van der Waals surface area contributed by atoms with Gasteiger partial charge in [-0.15, -0.1) is 0 Å². The van der Waals surface area contributed by atoms with Crippen LogP contribution in [0.25, 0.3) is 0 Å². The van der Waals surface area contributed by atoms with Crippen LogP contribution in [-0.4, -0.2) is 43.1 Å². The van der Waals surface area contributed by atoms with Gasteiger partial charge in [-0.3, -0.25) is 14.4 Å². The Morgan fingerprint density at radius 1 is 0.667 bits per heavy atom. The lowest BCUT2D eigenvalue weighted by Crippen LogP contribution is -2.39. The molecular weight excluding hydrogens is 636 g/mol. The Morgan fingerprint density at radius 2 is 1.06 bits per heavy atom. The molecule has 2 rings (SSSR count). The lowest BCUT2D eigenvalue weighted by Gasteiger charge is -2.36. The summed E-state index contributed by atoms with van der Waals surface area (Å²) in [4.78, 5) is 48.2. The molecule has 2 atom stereocenters. The molecule has 0 bridgehead atoms. The largest absolute Gasteiger partial charge is 0.454 e. The van der Waals surface area contributed by atoms with Gasteiger partial charge in [0.05, 0.1) is 6.42 Å². The molecule has 0 saturated heterocycles. The van der Waals surface area contributed by atoms with E-state index in [1.807, 2.05) is 89.3 Å². The van der Waals surface area contributed by atoms with Crippen molar-refractivity contribution >= 4 is 23.8 Å². The Labute approximate surface area is 306 Å². The van der Waals surface area contributed by atoms with Crippen molar-refractivity contribution in [2.75, 3.05) is 7.11 Å². The topological polar surface area (TPSA) is 86.7 Å².